The van der Waals surface area contributed by atoms with Gasteiger partial charge < -0.3 is 16.1 Å². The van der Waals surface area contributed by atoms with E-state index < -0.39 is 6.04 Å². The zero-order valence-electron chi connectivity index (χ0n) is 9.62. The van der Waals surface area contributed by atoms with E-state index in [4.69, 9.17) is 5.84 Å². The number of nitrogens with one attached hydrogen (secondary N) is 3. The maximum Gasteiger partial charge on any atom is 0.242 e. The van der Waals surface area contributed by atoms with Crippen LogP contribution in [0.5, 0.6) is 0 Å². The van der Waals surface area contributed by atoms with E-state index in [0.29, 0.717) is 22.7 Å². The highest BCUT2D eigenvalue weighted by Gasteiger charge is 2.15. The summed E-state index contributed by atoms with van der Waals surface area (Å²) in [5, 5.41) is 5.68. The Morgan fingerprint density at radius 1 is 1.53 bits per heavy atom. The Hall–Kier alpha value is -1.41. The van der Waals surface area contributed by atoms with Gasteiger partial charge in [-0.25, -0.2) is 15.8 Å². The molecule has 1 atom stereocenters. The molecule has 0 radical (unpaired) electrons. The average molecular weight is 303 g/mol. The van der Waals surface area contributed by atoms with E-state index in [-0.39, 0.29) is 5.91 Å². The van der Waals surface area contributed by atoms with Crippen molar-refractivity contribution < 1.29 is 4.79 Å². The number of nitrogens with two attached hydrogens (primary N) is 1. The number of carbonyl (C=O) groups excluding carboxylic acids is 1. The molecule has 0 saturated heterocycles. The van der Waals surface area contributed by atoms with Gasteiger partial charge in [0.15, 0.2) is 5.82 Å². The van der Waals surface area contributed by atoms with Gasteiger partial charge in [0.05, 0.1) is 0 Å². The first-order chi connectivity index (χ1) is 8.10. The zero-order valence-corrected chi connectivity index (χ0v) is 11.2. The minimum atomic E-state index is -0.397. The van der Waals surface area contributed by atoms with Crippen LogP contribution in [-0.4, -0.2) is 28.5 Å². The van der Waals surface area contributed by atoms with Crippen LogP contribution in [0, 0.1) is 0 Å². The summed E-state index contributed by atoms with van der Waals surface area (Å²) in [5.74, 6) is 6.14. The second-order valence-electron chi connectivity index (χ2n) is 3.29. The van der Waals surface area contributed by atoms with Crippen molar-refractivity contribution in [3.8, 4) is 0 Å². The van der Waals surface area contributed by atoms with E-state index in [1.165, 1.54) is 6.33 Å². The van der Waals surface area contributed by atoms with Gasteiger partial charge in [-0.2, -0.15) is 0 Å². The molecule has 0 aliphatic carbocycles. The topological polar surface area (TPSA) is 105 Å². The first-order valence-corrected chi connectivity index (χ1v) is 5.90. The highest BCUT2D eigenvalue weighted by Crippen LogP contribution is 2.25. The number of halogens is 1. The Balaban J connectivity index is 2.78. The third-order valence-corrected chi connectivity index (χ3v) is 2.77. The molecule has 1 rings (SSSR count). The van der Waals surface area contributed by atoms with Crippen LogP contribution in [-0.2, 0) is 4.79 Å². The maximum atomic E-state index is 11.5. The molecule has 8 heteroatoms. The fourth-order valence-electron chi connectivity index (χ4n) is 1.17. The predicted octanol–water partition coefficient (Wildman–Crippen LogP) is 0.461. The first-order valence-electron chi connectivity index (χ1n) is 5.11. The quantitative estimate of drug-likeness (QED) is 0.465. The molecule has 1 unspecified atom stereocenters. The highest BCUT2D eigenvalue weighted by atomic mass is 79.9. The number of amides is 1. The van der Waals surface area contributed by atoms with Gasteiger partial charge in [-0.05, 0) is 29.8 Å². The van der Waals surface area contributed by atoms with Crippen LogP contribution in [0.3, 0.4) is 0 Å². The number of nitrogens with zero attached hydrogens (tertiary/aromatic N) is 2. The summed E-state index contributed by atoms with van der Waals surface area (Å²) in [7, 11) is 0. The Morgan fingerprint density at radius 2 is 2.18 bits per heavy atom. The van der Waals surface area contributed by atoms with Crippen molar-refractivity contribution >= 4 is 33.5 Å². The molecular formula is C9H15BrN6O. The molecule has 0 spiro atoms. The summed E-state index contributed by atoms with van der Waals surface area (Å²) in [6, 6.07) is -0.397. The Bertz CT molecular complexity index is 399. The standard InChI is InChI=1S/C9H15BrN6O/c1-3-12-9(17)5(2)15-7-6(10)8(16-11)14-4-13-7/h4-5H,3,11H2,1-2H3,(H,12,17)(H2,13,14,15,16). The second kappa shape index (κ2) is 6.36. The molecule has 5 N–H and O–H groups in total. The lowest BCUT2D eigenvalue weighted by molar-refractivity contribution is -0.121. The van der Waals surface area contributed by atoms with E-state index in [9.17, 15) is 4.79 Å². The van der Waals surface area contributed by atoms with Crippen LogP contribution in [0.4, 0.5) is 11.6 Å². The summed E-state index contributed by atoms with van der Waals surface area (Å²) in [5.41, 5.74) is 2.42. The fourth-order valence-corrected chi connectivity index (χ4v) is 1.60. The molecule has 94 valence electrons. The number of nitrogen functional groups attached to an aromatic ring is 1. The molecule has 0 bridgehead atoms. The largest absolute Gasteiger partial charge is 0.358 e. The lowest BCUT2D eigenvalue weighted by Gasteiger charge is -2.15. The van der Waals surface area contributed by atoms with Gasteiger partial charge in [-0.1, -0.05) is 0 Å². The van der Waals surface area contributed by atoms with Crippen molar-refractivity contribution in [1.82, 2.24) is 15.3 Å². The summed E-state index contributed by atoms with van der Waals surface area (Å²) < 4.78 is 0.582. The van der Waals surface area contributed by atoms with Gasteiger partial charge in [0.1, 0.15) is 22.7 Å². The van der Waals surface area contributed by atoms with Gasteiger partial charge in [-0.15, -0.1) is 0 Å². The van der Waals surface area contributed by atoms with Gasteiger partial charge in [-0.3, -0.25) is 4.79 Å². The molecule has 17 heavy (non-hydrogen) atoms. The zero-order chi connectivity index (χ0) is 12.8. The molecule has 0 aliphatic rings. The Kier molecular flexibility index (Phi) is 5.11. The molecule has 0 saturated carbocycles. The number of likely N-dealkylation sites (N-methyl/N-ethyl adjacent to an activating group) is 1. The number of rotatable bonds is 5. The number of aromatic nitrogens is 2. The van der Waals surface area contributed by atoms with Crippen LogP contribution < -0.4 is 21.9 Å². The first kappa shape index (κ1) is 13.7. The Morgan fingerprint density at radius 3 is 2.76 bits per heavy atom. The molecule has 0 aromatic carbocycles. The van der Waals surface area contributed by atoms with Crippen LogP contribution in [0.1, 0.15) is 13.8 Å². The minimum absolute atomic E-state index is 0.0970. The molecular weight excluding hydrogens is 288 g/mol. The van der Waals surface area contributed by atoms with Crippen molar-refractivity contribution in [2.24, 2.45) is 5.84 Å². The van der Waals surface area contributed by atoms with Crippen molar-refractivity contribution in [1.29, 1.82) is 0 Å². The summed E-state index contributed by atoms with van der Waals surface area (Å²) in [6.45, 7) is 4.20. The predicted molar refractivity (Wildman–Crippen MR) is 69.3 cm³/mol. The normalized spacial score (nSPS) is 11.8. The summed E-state index contributed by atoms with van der Waals surface area (Å²) in [6.07, 6.45) is 1.35. The van der Waals surface area contributed by atoms with E-state index in [1.54, 1.807) is 6.92 Å². The number of hydrogen-bond acceptors (Lipinski definition) is 6. The average Bonchev–Trinajstić information content (AvgIpc) is 2.32. The monoisotopic (exact) mass is 302 g/mol. The Labute approximate surface area is 108 Å². The van der Waals surface area contributed by atoms with Crippen molar-refractivity contribution in [3.63, 3.8) is 0 Å². The third-order valence-electron chi connectivity index (χ3n) is 2.02. The molecule has 0 fully saturated rings. The molecule has 1 aromatic heterocycles. The maximum absolute atomic E-state index is 11.5. The van der Waals surface area contributed by atoms with Crippen LogP contribution in [0.25, 0.3) is 0 Å². The van der Waals surface area contributed by atoms with Crippen molar-refractivity contribution in [2.75, 3.05) is 17.3 Å². The van der Waals surface area contributed by atoms with Crippen LogP contribution >= 0.6 is 15.9 Å². The number of anilines is 2. The second-order valence-corrected chi connectivity index (χ2v) is 4.08. The number of hydrogen-bond donors (Lipinski definition) is 4. The highest BCUT2D eigenvalue weighted by molar-refractivity contribution is 9.10. The van der Waals surface area contributed by atoms with E-state index in [2.05, 4.69) is 42.0 Å². The van der Waals surface area contributed by atoms with Gasteiger partial charge in [0.2, 0.25) is 5.91 Å². The number of hydrazine groups is 1. The molecule has 1 amide bonds. The lowest BCUT2D eigenvalue weighted by atomic mass is 10.3. The van der Waals surface area contributed by atoms with Crippen LogP contribution in [0.15, 0.2) is 10.8 Å². The van der Waals surface area contributed by atoms with Crippen molar-refractivity contribution in [3.05, 3.63) is 10.8 Å². The molecule has 1 aromatic rings. The molecule has 0 aliphatic heterocycles. The summed E-state index contributed by atoms with van der Waals surface area (Å²) in [4.78, 5) is 19.5. The summed E-state index contributed by atoms with van der Waals surface area (Å²) >= 11 is 3.30. The SMILES string of the molecule is CCNC(=O)C(C)Nc1ncnc(NN)c1Br. The minimum Gasteiger partial charge on any atom is -0.358 e. The third kappa shape index (κ3) is 3.53. The van der Waals surface area contributed by atoms with Gasteiger partial charge in [0, 0.05) is 6.54 Å². The van der Waals surface area contributed by atoms with Gasteiger partial charge in [0.25, 0.3) is 0 Å². The van der Waals surface area contributed by atoms with E-state index in [0.717, 1.165) is 0 Å². The molecule has 7 nitrogen and oxygen atoms in total. The van der Waals surface area contributed by atoms with E-state index >= 15 is 0 Å². The smallest absolute Gasteiger partial charge is 0.242 e. The van der Waals surface area contributed by atoms with Crippen LogP contribution in [0.2, 0.25) is 0 Å². The van der Waals surface area contributed by atoms with Crippen molar-refractivity contribution in [2.45, 2.75) is 19.9 Å². The van der Waals surface area contributed by atoms with Gasteiger partial charge >= 0.3 is 0 Å². The number of carbonyl (C=O) groups is 1. The lowest BCUT2D eigenvalue weighted by Crippen LogP contribution is -2.37. The molecule has 1 heterocycles. The van der Waals surface area contributed by atoms with E-state index in [1.807, 2.05) is 6.92 Å². The fraction of sp³-hybridized carbons (Fsp3) is 0.444.